The number of halogens is 2. The van der Waals surface area contributed by atoms with Gasteiger partial charge in [-0.05, 0) is 17.7 Å². The number of aliphatic hydroxyl groups excluding tert-OH is 1. The van der Waals surface area contributed by atoms with Gasteiger partial charge in [-0.3, -0.25) is 4.79 Å². The molecule has 0 atom stereocenters. The summed E-state index contributed by atoms with van der Waals surface area (Å²) >= 11 is 11.9. The molecule has 0 fully saturated rings. The molecule has 19 heavy (non-hydrogen) atoms. The summed E-state index contributed by atoms with van der Waals surface area (Å²) in [6.07, 6.45) is 3.24. The van der Waals surface area contributed by atoms with Gasteiger partial charge in [-0.15, -0.1) is 0 Å². The van der Waals surface area contributed by atoms with Crippen LogP contribution in [0.3, 0.4) is 0 Å². The smallest absolute Gasteiger partial charge is 0.191 e. The number of hydrogen-bond acceptors (Lipinski definition) is 4. The first kappa shape index (κ1) is 13.9. The van der Waals surface area contributed by atoms with E-state index in [4.69, 9.17) is 28.3 Å². The van der Waals surface area contributed by atoms with Gasteiger partial charge in [0.15, 0.2) is 5.78 Å². The number of aromatic nitrogens is 2. The van der Waals surface area contributed by atoms with Crippen molar-refractivity contribution in [1.82, 2.24) is 9.97 Å². The molecule has 1 aromatic heterocycles. The lowest BCUT2D eigenvalue weighted by Crippen LogP contribution is -2.07. The van der Waals surface area contributed by atoms with Crippen molar-refractivity contribution in [2.24, 2.45) is 0 Å². The summed E-state index contributed by atoms with van der Waals surface area (Å²) in [6, 6.07) is 5.20. The number of benzene rings is 1. The van der Waals surface area contributed by atoms with E-state index in [1.54, 1.807) is 18.2 Å². The van der Waals surface area contributed by atoms with Gasteiger partial charge in [-0.2, -0.15) is 0 Å². The van der Waals surface area contributed by atoms with Crippen molar-refractivity contribution in [3.63, 3.8) is 0 Å². The summed E-state index contributed by atoms with van der Waals surface area (Å²) in [5.74, 6) is 0.134. The predicted molar refractivity (Wildman–Crippen MR) is 72.7 cm³/mol. The molecule has 1 heterocycles. The maximum Gasteiger partial charge on any atom is 0.191 e. The monoisotopic (exact) mass is 296 g/mol. The fourth-order valence-corrected chi connectivity index (χ4v) is 1.99. The predicted octanol–water partition coefficient (Wildman–Crippen LogP) is 2.55. The van der Waals surface area contributed by atoms with Gasteiger partial charge in [0, 0.05) is 28.9 Å². The van der Waals surface area contributed by atoms with Crippen molar-refractivity contribution >= 4 is 29.0 Å². The Balaban J connectivity index is 2.17. The third kappa shape index (κ3) is 3.50. The minimum absolute atomic E-state index is 0.286. The van der Waals surface area contributed by atoms with E-state index < -0.39 is 12.4 Å². The van der Waals surface area contributed by atoms with Crippen LogP contribution in [0.4, 0.5) is 0 Å². The molecule has 0 radical (unpaired) electrons. The second-order valence-corrected chi connectivity index (χ2v) is 4.73. The van der Waals surface area contributed by atoms with Crippen molar-refractivity contribution < 1.29 is 9.90 Å². The highest BCUT2D eigenvalue weighted by Crippen LogP contribution is 2.22. The average molecular weight is 297 g/mol. The fraction of sp³-hybridized carbons (Fsp3) is 0.154. The number of Topliss-reactive ketones (excluding diaryl/α,β-unsaturated/α-hetero) is 1. The molecular weight excluding hydrogens is 287 g/mol. The summed E-state index contributed by atoms with van der Waals surface area (Å²) in [5.41, 5.74) is 1.14. The maximum atomic E-state index is 11.2. The molecule has 0 aliphatic rings. The SMILES string of the molecule is O=C(CO)c1cnc(Cc2ccc(Cl)cc2Cl)nc1. The van der Waals surface area contributed by atoms with Crippen molar-refractivity contribution in [3.8, 4) is 0 Å². The molecule has 1 aromatic carbocycles. The molecule has 0 bridgehead atoms. The second-order valence-electron chi connectivity index (χ2n) is 3.88. The standard InChI is InChI=1S/C13H10Cl2N2O2/c14-10-2-1-8(11(15)4-10)3-13-16-5-9(6-17-13)12(19)7-18/h1-2,4-6,18H,3,7H2. The van der Waals surface area contributed by atoms with Crippen molar-refractivity contribution in [1.29, 1.82) is 0 Å². The molecule has 2 aromatic rings. The number of carbonyl (C=O) groups excluding carboxylic acids is 1. The van der Waals surface area contributed by atoms with Crippen LogP contribution in [0.5, 0.6) is 0 Å². The highest BCUT2D eigenvalue weighted by Gasteiger charge is 2.08. The van der Waals surface area contributed by atoms with Crippen molar-refractivity contribution in [3.05, 3.63) is 57.6 Å². The van der Waals surface area contributed by atoms with Gasteiger partial charge in [0.1, 0.15) is 12.4 Å². The van der Waals surface area contributed by atoms with Crippen LogP contribution in [0.15, 0.2) is 30.6 Å². The first-order valence-electron chi connectivity index (χ1n) is 5.49. The van der Waals surface area contributed by atoms with Crippen LogP contribution in [0.25, 0.3) is 0 Å². The van der Waals surface area contributed by atoms with Crippen molar-refractivity contribution in [2.45, 2.75) is 6.42 Å². The summed E-state index contributed by atoms with van der Waals surface area (Å²) in [4.78, 5) is 19.4. The van der Waals surface area contributed by atoms with E-state index in [1.807, 2.05) is 0 Å². The summed E-state index contributed by atoms with van der Waals surface area (Å²) < 4.78 is 0. The largest absolute Gasteiger partial charge is 0.388 e. The first-order chi connectivity index (χ1) is 9.10. The van der Waals surface area contributed by atoms with Crippen LogP contribution < -0.4 is 0 Å². The lowest BCUT2D eigenvalue weighted by Gasteiger charge is -2.04. The Morgan fingerprint density at radius 1 is 1.21 bits per heavy atom. The number of rotatable bonds is 4. The van der Waals surface area contributed by atoms with Gasteiger partial charge in [-0.1, -0.05) is 29.3 Å². The lowest BCUT2D eigenvalue weighted by molar-refractivity contribution is 0.0903. The Morgan fingerprint density at radius 2 is 1.89 bits per heavy atom. The Morgan fingerprint density at radius 3 is 2.47 bits per heavy atom. The zero-order valence-corrected chi connectivity index (χ0v) is 11.3. The molecule has 0 aliphatic carbocycles. The number of ketones is 1. The van der Waals surface area contributed by atoms with Crippen LogP contribution in [-0.2, 0) is 6.42 Å². The van der Waals surface area contributed by atoms with Crippen LogP contribution in [-0.4, -0.2) is 27.5 Å². The molecule has 2 rings (SSSR count). The van der Waals surface area contributed by atoms with Crippen LogP contribution in [0.2, 0.25) is 10.0 Å². The molecular formula is C13H10Cl2N2O2. The molecule has 0 saturated heterocycles. The third-order valence-corrected chi connectivity index (χ3v) is 3.12. The minimum Gasteiger partial charge on any atom is -0.388 e. The second kappa shape index (κ2) is 6.10. The number of nitrogens with zero attached hydrogens (tertiary/aromatic N) is 2. The Hall–Kier alpha value is -1.49. The molecule has 98 valence electrons. The molecule has 0 unspecified atom stereocenters. The maximum absolute atomic E-state index is 11.2. The summed E-state index contributed by atoms with van der Waals surface area (Å²) in [6.45, 7) is -0.550. The van der Waals surface area contributed by atoms with E-state index in [9.17, 15) is 4.79 Å². The van der Waals surface area contributed by atoms with Crippen LogP contribution >= 0.6 is 23.2 Å². The van der Waals surface area contributed by atoms with Crippen molar-refractivity contribution in [2.75, 3.05) is 6.61 Å². The lowest BCUT2D eigenvalue weighted by atomic mass is 10.1. The van der Waals surface area contributed by atoms with E-state index in [0.29, 0.717) is 22.3 Å². The highest BCUT2D eigenvalue weighted by molar-refractivity contribution is 6.35. The Labute approximate surface area is 120 Å². The molecule has 0 aliphatic heterocycles. The zero-order valence-electron chi connectivity index (χ0n) is 9.81. The average Bonchev–Trinajstić information content (AvgIpc) is 2.42. The van der Waals surface area contributed by atoms with Crippen LogP contribution in [0.1, 0.15) is 21.7 Å². The first-order valence-corrected chi connectivity index (χ1v) is 6.24. The fourth-order valence-electron chi connectivity index (χ4n) is 1.52. The normalized spacial score (nSPS) is 10.5. The van der Waals surface area contributed by atoms with E-state index in [2.05, 4.69) is 9.97 Å². The number of hydrogen-bond donors (Lipinski definition) is 1. The molecule has 0 saturated carbocycles. The van der Waals surface area contributed by atoms with Gasteiger partial charge < -0.3 is 5.11 Å². The topological polar surface area (TPSA) is 63.1 Å². The third-order valence-electron chi connectivity index (χ3n) is 2.53. The minimum atomic E-state index is -0.550. The highest BCUT2D eigenvalue weighted by atomic mass is 35.5. The summed E-state index contributed by atoms with van der Waals surface area (Å²) in [5, 5.41) is 9.84. The van der Waals surface area contributed by atoms with E-state index >= 15 is 0 Å². The zero-order chi connectivity index (χ0) is 13.8. The van der Waals surface area contributed by atoms with Crippen LogP contribution in [0, 0.1) is 0 Å². The number of aliphatic hydroxyl groups is 1. The van der Waals surface area contributed by atoms with Gasteiger partial charge in [-0.25, -0.2) is 9.97 Å². The Kier molecular flexibility index (Phi) is 4.47. The van der Waals surface area contributed by atoms with E-state index in [-0.39, 0.29) is 5.56 Å². The molecule has 0 spiro atoms. The molecule has 0 amide bonds. The quantitative estimate of drug-likeness (QED) is 0.881. The van der Waals surface area contributed by atoms with Gasteiger partial charge in [0.05, 0.1) is 5.56 Å². The van der Waals surface area contributed by atoms with Gasteiger partial charge in [0.2, 0.25) is 0 Å². The molecule has 4 nitrogen and oxygen atoms in total. The van der Waals surface area contributed by atoms with E-state index in [1.165, 1.54) is 12.4 Å². The summed E-state index contributed by atoms with van der Waals surface area (Å²) in [7, 11) is 0. The molecule has 1 N–H and O–H groups in total. The van der Waals surface area contributed by atoms with E-state index in [0.717, 1.165) is 5.56 Å². The van der Waals surface area contributed by atoms with Gasteiger partial charge in [0.25, 0.3) is 0 Å². The van der Waals surface area contributed by atoms with Gasteiger partial charge >= 0.3 is 0 Å². The molecule has 6 heteroatoms. The number of carbonyl (C=O) groups is 1. The Bertz CT molecular complexity index is 600.